The third kappa shape index (κ3) is 3.90. The molecule has 130 valence electrons. The van der Waals surface area contributed by atoms with E-state index in [1.807, 2.05) is 19.9 Å². The molecule has 0 bridgehead atoms. The van der Waals surface area contributed by atoms with Crippen LogP contribution in [0.15, 0.2) is 6.07 Å². The number of primary amides is 1. The van der Waals surface area contributed by atoms with Gasteiger partial charge in [0.1, 0.15) is 5.82 Å². The molecule has 3 heterocycles. The van der Waals surface area contributed by atoms with Crippen molar-refractivity contribution in [1.82, 2.24) is 10.3 Å². The van der Waals surface area contributed by atoms with E-state index in [-0.39, 0.29) is 30.7 Å². The van der Waals surface area contributed by atoms with Gasteiger partial charge in [-0.15, -0.1) is 24.8 Å². The Morgan fingerprint density at radius 3 is 2.70 bits per heavy atom. The van der Waals surface area contributed by atoms with E-state index in [9.17, 15) is 4.79 Å². The number of nitrogens with one attached hydrogen (secondary N) is 1. The van der Waals surface area contributed by atoms with Crippen molar-refractivity contribution < 1.29 is 4.79 Å². The van der Waals surface area contributed by atoms with Gasteiger partial charge in [-0.3, -0.25) is 4.79 Å². The van der Waals surface area contributed by atoms with Crippen molar-refractivity contribution in [3.63, 3.8) is 0 Å². The van der Waals surface area contributed by atoms with Gasteiger partial charge in [0, 0.05) is 30.7 Å². The van der Waals surface area contributed by atoms with Gasteiger partial charge < -0.3 is 16.0 Å². The molecular weight excluding hydrogens is 335 g/mol. The second-order valence-corrected chi connectivity index (χ2v) is 6.58. The number of amides is 1. The van der Waals surface area contributed by atoms with Crippen LogP contribution in [0.3, 0.4) is 0 Å². The summed E-state index contributed by atoms with van der Waals surface area (Å²) in [7, 11) is 0. The van der Waals surface area contributed by atoms with Crippen molar-refractivity contribution in [2.45, 2.75) is 33.1 Å². The van der Waals surface area contributed by atoms with E-state index in [1.54, 1.807) is 0 Å². The molecule has 0 radical (unpaired) electrons. The molecule has 1 aromatic heterocycles. The molecule has 3 rings (SSSR count). The number of pyridine rings is 1. The van der Waals surface area contributed by atoms with Crippen LogP contribution in [0.25, 0.3) is 0 Å². The molecule has 7 heteroatoms. The van der Waals surface area contributed by atoms with Crippen LogP contribution in [0.5, 0.6) is 0 Å². The van der Waals surface area contributed by atoms with Crippen LogP contribution in [-0.4, -0.2) is 37.1 Å². The number of hydrogen-bond donors (Lipinski definition) is 2. The van der Waals surface area contributed by atoms with Crippen molar-refractivity contribution in [2.75, 3.05) is 31.1 Å². The Kier molecular flexibility index (Phi) is 6.69. The van der Waals surface area contributed by atoms with Crippen molar-refractivity contribution in [3.05, 3.63) is 22.9 Å². The predicted molar refractivity (Wildman–Crippen MR) is 98.1 cm³/mol. The monoisotopic (exact) mass is 360 g/mol. The highest BCUT2D eigenvalue weighted by molar-refractivity contribution is 5.98. The second-order valence-electron chi connectivity index (χ2n) is 6.58. The lowest BCUT2D eigenvalue weighted by Gasteiger charge is -2.41. The minimum atomic E-state index is -0.384. The lowest BCUT2D eigenvalue weighted by atomic mass is 9.79. The lowest BCUT2D eigenvalue weighted by Crippen LogP contribution is -2.45. The number of nitrogens with zero attached hydrogens (tertiary/aromatic N) is 2. The fourth-order valence-corrected chi connectivity index (χ4v) is 3.65. The van der Waals surface area contributed by atoms with E-state index in [1.165, 1.54) is 12.8 Å². The molecular formula is C16H26Cl2N4O. The van der Waals surface area contributed by atoms with E-state index in [2.05, 4.69) is 15.2 Å². The van der Waals surface area contributed by atoms with Gasteiger partial charge in [-0.25, -0.2) is 4.98 Å². The molecule has 1 amide bonds. The standard InChI is InChI=1S/C16H24N4O.2ClH/c1-11-8-13(14(17)21)15(19-12(11)2)20-7-3-4-16(10-20)5-6-18-9-16;;/h8,18H,3-7,9-10H2,1-2H3,(H2,17,21);2*1H. The molecule has 5 nitrogen and oxygen atoms in total. The summed E-state index contributed by atoms with van der Waals surface area (Å²) in [6, 6.07) is 1.88. The first kappa shape index (κ1) is 20.0. The van der Waals surface area contributed by atoms with Gasteiger partial charge in [-0.05, 0) is 51.3 Å². The summed E-state index contributed by atoms with van der Waals surface area (Å²) < 4.78 is 0. The minimum Gasteiger partial charge on any atom is -0.365 e. The molecule has 2 saturated heterocycles. The fourth-order valence-electron chi connectivity index (χ4n) is 3.65. The topological polar surface area (TPSA) is 71.2 Å². The number of halogens is 2. The maximum atomic E-state index is 11.8. The average Bonchev–Trinajstić information content (AvgIpc) is 2.89. The molecule has 0 saturated carbocycles. The summed E-state index contributed by atoms with van der Waals surface area (Å²) in [6.45, 7) is 8.04. The number of nitrogens with two attached hydrogens (primary N) is 1. The van der Waals surface area contributed by atoms with Gasteiger partial charge >= 0.3 is 0 Å². The van der Waals surface area contributed by atoms with E-state index < -0.39 is 0 Å². The van der Waals surface area contributed by atoms with Gasteiger partial charge in [0.25, 0.3) is 5.91 Å². The SMILES string of the molecule is Cc1cc(C(N)=O)c(N2CCCC3(CCNC3)C2)nc1C.Cl.Cl. The molecule has 1 spiro atoms. The Hall–Kier alpha value is -1.04. The highest BCUT2D eigenvalue weighted by Gasteiger charge is 2.39. The Morgan fingerprint density at radius 2 is 2.09 bits per heavy atom. The Bertz CT molecular complexity index is 573. The van der Waals surface area contributed by atoms with E-state index in [4.69, 9.17) is 5.73 Å². The van der Waals surface area contributed by atoms with Crippen molar-refractivity contribution in [3.8, 4) is 0 Å². The average molecular weight is 361 g/mol. The third-order valence-corrected chi connectivity index (χ3v) is 5.00. The second kappa shape index (κ2) is 7.69. The maximum absolute atomic E-state index is 11.8. The molecule has 2 aliphatic heterocycles. The molecule has 1 unspecified atom stereocenters. The lowest BCUT2D eigenvalue weighted by molar-refractivity contribution is 0.1000. The van der Waals surface area contributed by atoms with Crippen LogP contribution >= 0.6 is 24.8 Å². The van der Waals surface area contributed by atoms with Crippen LogP contribution in [0.2, 0.25) is 0 Å². The highest BCUT2D eigenvalue weighted by atomic mass is 35.5. The third-order valence-electron chi connectivity index (χ3n) is 5.00. The fraction of sp³-hybridized carbons (Fsp3) is 0.625. The van der Waals surface area contributed by atoms with Gasteiger partial charge in [-0.1, -0.05) is 0 Å². The number of aromatic nitrogens is 1. The number of hydrogen-bond acceptors (Lipinski definition) is 4. The summed E-state index contributed by atoms with van der Waals surface area (Å²) in [5, 5.41) is 3.47. The molecule has 23 heavy (non-hydrogen) atoms. The Morgan fingerprint density at radius 1 is 1.35 bits per heavy atom. The van der Waals surface area contributed by atoms with E-state index >= 15 is 0 Å². The summed E-state index contributed by atoms with van der Waals surface area (Å²) in [4.78, 5) is 18.7. The summed E-state index contributed by atoms with van der Waals surface area (Å²) in [6.07, 6.45) is 3.61. The summed E-state index contributed by atoms with van der Waals surface area (Å²) in [5.41, 5.74) is 8.45. The molecule has 2 aliphatic rings. The van der Waals surface area contributed by atoms with Crippen LogP contribution in [-0.2, 0) is 0 Å². The molecule has 2 fully saturated rings. The first-order valence-corrected chi connectivity index (χ1v) is 7.74. The first-order valence-electron chi connectivity index (χ1n) is 7.74. The number of aryl methyl sites for hydroxylation is 2. The zero-order valence-electron chi connectivity index (χ0n) is 13.7. The Balaban J connectivity index is 0.00000132. The number of piperidine rings is 1. The van der Waals surface area contributed by atoms with Gasteiger partial charge in [0.05, 0.1) is 5.56 Å². The maximum Gasteiger partial charge on any atom is 0.252 e. The predicted octanol–water partition coefficient (Wildman–Crippen LogP) is 2.22. The number of carbonyl (C=O) groups is 1. The molecule has 3 N–H and O–H groups in total. The van der Waals surface area contributed by atoms with E-state index in [0.29, 0.717) is 11.0 Å². The number of rotatable bonds is 2. The summed E-state index contributed by atoms with van der Waals surface area (Å²) in [5.74, 6) is 0.390. The quantitative estimate of drug-likeness (QED) is 0.847. The van der Waals surface area contributed by atoms with Crippen LogP contribution < -0.4 is 16.0 Å². The Labute approximate surface area is 150 Å². The molecule has 1 atom stereocenters. The minimum absolute atomic E-state index is 0. The van der Waals surface area contributed by atoms with Crippen LogP contribution in [0.4, 0.5) is 5.82 Å². The van der Waals surface area contributed by atoms with Crippen molar-refractivity contribution in [1.29, 1.82) is 0 Å². The van der Waals surface area contributed by atoms with E-state index in [0.717, 1.165) is 49.7 Å². The van der Waals surface area contributed by atoms with Gasteiger partial charge in [0.15, 0.2) is 0 Å². The smallest absolute Gasteiger partial charge is 0.252 e. The van der Waals surface area contributed by atoms with Crippen molar-refractivity contribution in [2.24, 2.45) is 11.1 Å². The number of anilines is 1. The van der Waals surface area contributed by atoms with Crippen LogP contribution in [0, 0.1) is 19.3 Å². The summed E-state index contributed by atoms with van der Waals surface area (Å²) >= 11 is 0. The first-order chi connectivity index (χ1) is 10.0. The van der Waals surface area contributed by atoms with Crippen LogP contribution in [0.1, 0.15) is 40.9 Å². The van der Waals surface area contributed by atoms with Gasteiger partial charge in [-0.2, -0.15) is 0 Å². The normalized spacial score (nSPS) is 23.3. The molecule has 0 aromatic carbocycles. The largest absolute Gasteiger partial charge is 0.365 e. The molecule has 1 aromatic rings. The van der Waals surface area contributed by atoms with Gasteiger partial charge in [0.2, 0.25) is 0 Å². The molecule has 0 aliphatic carbocycles. The number of carbonyl (C=O) groups excluding carboxylic acids is 1. The zero-order valence-corrected chi connectivity index (χ0v) is 15.4. The highest BCUT2D eigenvalue weighted by Crippen LogP contribution is 2.37. The zero-order chi connectivity index (χ0) is 15.0. The van der Waals surface area contributed by atoms with Crippen molar-refractivity contribution >= 4 is 36.5 Å².